The Balaban J connectivity index is 1.49. The third kappa shape index (κ3) is 12.1. The van der Waals surface area contributed by atoms with Gasteiger partial charge in [0.25, 0.3) is 0 Å². The first kappa shape index (κ1) is 31.5. The number of carbonyl (C=O) groups is 1. The number of aliphatic hydroxyl groups is 4. The fourth-order valence-corrected chi connectivity index (χ4v) is 4.59. The average Bonchev–Trinajstić information content (AvgIpc) is 2.91. The number of nitrogens with one attached hydrogen (secondary N) is 1. The highest BCUT2D eigenvalue weighted by Gasteiger charge is 2.43. The van der Waals surface area contributed by atoms with Gasteiger partial charge in [0.15, 0.2) is 6.29 Å². The number of ether oxygens (including phenoxy) is 2. The van der Waals surface area contributed by atoms with Crippen molar-refractivity contribution in [1.82, 2.24) is 0 Å². The van der Waals surface area contributed by atoms with Gasteiger partial charge in [-0.05, 0) is 30.7 Å². The third-order valence-corrected chi connectivity index (χ3v) is 7.05. The highest BCUT2D eigenvalue weighted by atomic mass is 16.6. The van der Waals surface area contributed by atoms with Crippen LogP contribution in [-0.2, 0) is 9.47 Å². The van der Waals surface area contributed by atoms with Crippen molar-refractivity contribution in [1.29, 1.82) is 0 Å². The minimum atomic E-state index is -1.66. The maximum Gasteiger partial charge on any atom is 0.338 e. The Morgan fingerprint density at radius 3 is 1.81 bits per heavy atom. The van der Waals surface area contributed by atoms with E-state index in [0.29, 0.717) is 5.56 Å². The van der Waals surface area contributed by atoms with Crippen LogP contribution in [0.3, 0.4) is 0 Å². The van der Waals surface area contributed by atoms with Gasteiger partial charge in [0, 0.05) is 12.2 Å². The summed E-state index contributed by atoms with van der Waals surface area (Å²) in [6.07, 6.45) is 11.2. The molecule has 0 bridgehead atoms. The van der Waals surface area contributed by atoms with Gasteiger partial charge in [-0.15, -0.1) is 0 Å². The Morgan fingerprint density at radius 1 is 0.757 bits per heavy atom. The second-order valence-corrected chi connectivity index (χ2v) is 10.2. The van der Waals surface area contributed by atoms with Crippen molar-refractivity contribution in [2.45, 2.75) is 128 Å². The van der Waals surface area contributed by atoms with Crippen LogP contribution in [0.25, 0.3) is 0 Å². The summed E-state index contributed by atoms with van der Waals surface area (Å²) < 4.78 is 10.2. The molecule has 1 saturated heterocycles. The summed E-state index contributed by atoms with van der Waals surface area (Å²) >= 11 is 0. The van der Waals surface area contributed by atoms with E-state index < -0.39 is 36.7 Å². The molecule has 37 heavy (non-hydrogen) atoms. The van der Waals surface area contributed by atoms with Gasteiger partial charge in [-0.2, -0.15) is 0 Å². The number of esters is 1. The van der Waals surface area contributed by atoms with E-state index in [2.05, 4.69) is 12.2 Å². The largest absolute Gasteiger partial charge is 0.459 e. The Bertz CT molecular complexity index is 729. The molecule has 5 N–H and O–H groups in total. The van der Waals surface area contributed by atoms with Gasteiger partial charge in [-0.1, -0.05) is 90.4 Å². The quantitative estimate of drug-likeness (QED) is 0.132. The van der Waals surface area contributed by atoms with E-state index in [9.17, 15) is 25.2 Å². The van der Waals surface area contributed by atoms with Crippen molar-refractivity contribution in [2.75, 3.05) is 18.5 Å². The SMILES string of the molecule is CCCCCCCCCCCCCCCCNc1ccc(C(=O)OC[C@H]2OC(O)[C@H](O)[C@@H](O)[C@@H]2O)cc1. The molecule has 5 atom stereocenters. The van der Waals surface area contributed by atoms with Crippen LogP contribution < -0.4 is 5.32 Å². The van der Waals surface area contributed by atoms with E-state index in [4.69, 9.17) is 9.47 Å². The average molecular weight is 524 g/mol. The Morgan fingerprint density at radius 2 is 1.27 bits per heavy atom. The number of anilines is 1. The minimum Gasteiger partial charge on any atom is -0.459 e. The van der Waals surface area contributed by atoms with E-state index in [-0.39, 0.29) is 6.61 Å². The first-order chi connectivity index (χ1) is 17.9. The molecule has 1 heterocycles. The molecule has 1 unspecified atom stereocenters. The molecule has 1 fully saturated rings. The zero-order chi connectivity index (χ0) is 26.9. The lowest BCUT2D eigenvalue weighted by molar-refractivity contribution is -0.286. The summed E-state index contributed by atoms with van der Waals surface area (Å²) in [7, 11) is 0. The van der Waals surface area contributed by atoms with Crippen LogP contribution in [0.15, 0.2) is 24.3 Å². The molecule has 8 nitrogen and oxygen atoms in total. The molecular formula is C29H49NO7. The molecule has 2 rings (SSSR count). The van der Waals surface area contributed by atoms with Crippen molar-refractivity contribution >= 4 is 11.7 Å². The number of carbonyl (C=O) groups excluding carboxylic acids is 1. The third-order valence-electron chi connectivity index (χ3n) is 7.05. The second kappa shape index (κ2) is 18.5. The molecule has 1 aromatic rings. The van der Waals surface area contributed by atoms with Gasteiger partial charge in [0.05, 0.1) is 5.56 Å². The maximum atomic E-state index is 12.3. The van der Waals surface area contributed by atoms with E-state index >= 15 is 0 Å². The van der Waals surface area contributed by atoms with Crippen LogP contribution in [0, 0.1) is 0 Å². The molecule has 0 saturated carbocycles. The standard InChI is InChI=1S/C29H49NO7/c1-2-3-4-5-6-7-8-9-10-11-12-13-14-15-20-30-23-18-16-22(17-19-23)28(34)36-21-24-25(31)26(32)27(33)29(35)37-24/h16-19,24-27,29-33,35H,2-15,20-21H2,1H3/t24-,25-,26+,27-,29?/m1/s1. The molecule has 0 spiro atoms. The van der Waals surface area contributed by atoms with Crippen molar-refractivity contribution in [3.8, 4) is 0 Å². The van der Waals surface area contributed by atoms with E-state index in [1.54, 1.807) is 12.1 Å². The van der Waals surface area contributed by atoms with Crippen LogP contribution in [-0.4, -0.2) is 70.3 Å². The van der Waals surface area contributed by atoms with Gasteiger partial charge in [0.1, 0.15) is 31.0 Å². The van der Waals surface area contributed by atoms with Crippen molar-refractivity contribution < 1.29 is 34.7 Å². The smallest absolute Gasteiger partial charge is 0.338 e. The first-order valence-corrected chi connectivity index (χ1v) is 14.3. The lowest BCUT2D eigenvalue weighted by Gasteiger charge is -2.37. The molecule has 0 aliphatic carbocycles. The van der Waals surface area contributed by atoms with Gasteiger partial charge in [-0.3, -0.25) is 0 Å². The highest BCUT2D eigenvalue weighted by molar-refractivity contribution is 5.89. The van der Waals surface area contributed by atoms with Crippen molar-refractivity contribution in [3.63, 3.8) is 0 Å². The van der Waals surface area contributed by atoms with Crippen molar-refractivity contribution in [2.24, 2.45) is 0 Å². The number of hydrogen-bond acceptors (Lipinski definition) is 8. The number of unbranched alkanes of at least 4 members (excludes halogenated alkanes) is 13. The normalized spacial score (nSPS) is 23.6. The summed E-state index contributed by atoms with van der Waals surface area (Å²) in [5.41, 5.74) is 1.27. The van der Waals surface area contributed by atoms with Gasteiger partial charge in [-0.25, -0.2) is 4.79 Å². The van der Waals surface area contributed by atoms with Crippen LogP contribution in [0.1, 0.15) is 107 Å². The van der Waals surface area contributed by atoms with Crippen LogP contribution in [0.2, 0.25) is 0 Å². The predicted octanol–water partition coefficient (Wildman–Crippen LogP) is 4.54. The summed E-state index contributed by atoms with van der Waals surface area (Å²) in [5.74, 6) is -0.607. The number of benzene rings is 1. The molecular weight excluding hydrogens is 474 g/mol. The first-order valence-electron chi connectivity index (χ1n) is 14.3. The Hall–Kier alpha value is -1.71. The summed E-state index contributed by atoms with van der Waals surface area (Å²) in [5, 5.41) is 42.1. The molecule has 1 aliphatic heterocycles. The molecule has 8 heteroatoms. The van der Waals surface area contributed by atoms with Crippen LogP contribution >= 0.6 is 0 Å². The zero-order valence-corrected chi connectivity index (χ0v) is 22.5. The van der Waals surface area contributed by atoms with Gasteiger partial charge >= 0.3 is 5.97 Å². The highest BCUT2D eigenvalue weighted by Crippen LogP contribution is 2.21. The summed E-state index contributed by atoms with van der Waals surface area (Å²) in [4.78, 5) is 12.3. The molecule has 0 radical (unpaired) electrons. The zero-order valence-electron chi connectivity index (χ0n) is 22.5. The maximum absolute atomic E-state index is 12.3. The van der Waals surface area contributed by atoms with E-state index in [1.807, 2.05) is 12.1 Å². The number of hydrogen-bond donors (Lipinski definition) is 5. The topological polar surface area (TPSA) is 128 Å². The monoisotopic (exact) mass is 523 g/mol. The van der Waals surface area contributed by atoms with Gasteiger partial charge in [0.2, 0.25) is 0 Å². The van der Waals surface area contributed by atoms with E-state index in [1.165, 1.54) is 83.5 Å². The van der Waals surface area contributed by atoms with Crippen LogP contribution in [0.4, 0.5) is 5.69 Å². The number of aliphatic hydroxyl groups excluding tert-OH is 4. The summed E-state index contributed by atoms with van der Waals surface area (Å²) in [6.45, 7) is 2.79. The molecule has 1 aliphatic rings. The second-order valence-electron chi connectivity index (χ2n) is 10.2. The molecule has 212 valence electrons. The lowest BCUT2D eigenvalue weighted by Crippen LogP contribution is -2.58. The molecule has 0 aromatic heterocycles. The predicted molar refractivity (Wildman–Crippen MR) is 144 cm³/mol. The Kier molecular flexibility index (Phi) is 15.8. The number of rotatable bonds is 19. The van der Waals surface area contributed by atoms with Gasteiger partial charge < -0.3 is 35.2 Å². The minimum absolute atomic E-state index is 0.341. The fourth-order valence-electron chi connectivity index (χ4n) is 4.59. The van der Waals surface area contributed by atoms with Crippen molar-refractivity contribution in [3.05, 3.63) is 29.8 Å². The molecule has 0 amide bonds. The van der Waals surface area contributed by atoms with Crippen LogP contribution in [0.5, 0.6) is 0 Å². The van der Waals surface area contributed by atoms with E-state index in [0.717, 1.165) is 18.7 Å². The molecule has 1 aromatic carbocycles. The lowest BCUT2D eigenvalue weighted by atomic mass is 9.99. The summed E-state index contributed by atoms with van der Waals surface area (Å²) in [6, 6.07) is 6.94. The fraction of sp³-hybridized carbons (Fsp3) is 0.759. The Labute approximate surface area is 222 Å².